The molecule has 7 nitrogen and oxygen atoms in total. The van der Waals surface area contributed by atoms with Crippen LogP contribution in [0.2, 0.25) is 0 Å². The molecule has 0 bridgehead atoms. The van der Waals surface area contributed by atoms with Crippen molar-refractivity contribution in [2.45, 2.75) is 19.5 Å². The van der Waals surface area contributed by atoms with Gasteiger partial charge in [0.05, 0.1) is 31.4 Å². The number of nitrogens with one attached hydrogen (secondary N) is 1. The number of H-pyrrole nitrogens is 1. The average molecular weight is 483 g/mol. The van der Waals surface area contributed by atoms with Crippen LogP contribution < -0.4 is 9.47 Å². The van der Waals surface area contributed by atoms with Gasteiger partial charge >= 0.3 is 0 Å². The fourth-order valence-electron chi connectivity index (χ4n) is 4.77. The minimum absolute atomic E-state index is 0.0298. The number of hydrogen-bond acceptors (Lipinski definition) is 5. The van der Waals surface area contributed by atoms with E-state index in [9.17, 15) is 14.7 Å². The van der Waals surface area contributed by atoms with Crippen LogP contribution in [0.5, 0.6) is 11.5 Å². The summed E-state index contributed by atoms with van der Waals surface area (Å²) in [7, 11) is 3.09. The van der Waals surface area contributed by atoms with Crippen molar-refractivity contribution in [1.29, 1.82) is 0 Å². The molecule has 182 valence electrons. The number of Topliss-reactive ketones (excluding diaryl/α,β-unsaturated/α-hetero) is 1. The molecule has 1 aliphatic heterocycles. The van der Waals surface area contributed by atoms with E-state index < -0.39 is 17.7 Å². The van der Waals surface area contributed by atoms with Gasteiger partial charge in [0.1, 0.15) is 17.3 Å². The number of methoxy groups -OCH3 is 2. The molecule has 1 atom stereocenters. The number of benzene rings is 3. The van der Waals surface area contributed by atoms with Gasteiger partial charge in [-0.05, 0) is 42.8 Å². The van der Waals surface area contributed by atoms with E-state index in [0.29, 0.717) is 17.1 Å². The van der Waals surface area contributed by atoms with Crippen molar-refractivity contribution in [3.63, 3.8) is 0 Å². The quantitative estimate of drug-likeness (QED) is 0.226. The third kappa shape index (κ3) is 3.88. The van der Waals surface area contributed by atoms with E-state index in [2.05, 4.69) is 4.98 Å². The van der Waals surface area contributed by atoms with E-state index >= 15 is 0 Å². The van der Waals surface area contributed by atoms with Gasteiger partial charge in [0, 0.05) is 29.2 Å². The van der Waals surface area contributed by atoms with Gasteiger partial charge in [-0.25, -0.2) is 0 Å². The van der Waals surface area contributed by atoms with E-state index in [0.717, 1.165) is 27.6 Å². The molecule has 1 aromatic heterocycles. The highest BCUT2D eigenvalue weighted by Crippen LogP contribution is 2.43. The maximum absolute atomic E-state index is 13.5. The zero-order chi connectivity index (χ0) is 25.4. The number of aryl methyl sites for hydroxylation is 1. The van der Waals surface area contributed by atoms with Gasteiger partial charge in [-0.2, -0.15) is 0 Å². The number of aromatic amines is 1. The number of ketones is 1. The van der Waals surface area contributed by atoms with Crippen molar-refractivity contribution in [1.82, 2.24) is 9.88 Å². The Morgan fingerprint density at radius 2 is 1.75 bits per heavy atom. The van der Waals surface area contributed by atoms with Crippen LogP contribution in [-0.4, -0.2) is 40.9 Å². The van der Waals surface area contributed by atoms with Crippen molar-refractivity contribution >= 4 is 28.4 Å². The van der Waals surface area contributed by atoms with Gasteiger partial charge in [0.15, 0.2) is 0 Å². The van der Waals surface area contributed by atoms with Crippen LogP contribution in [0, 0.1) is 6.92 Å². The number of nitrogens with zero attached hydrogens (tertiary/aromatic N) is 1. The molecule has 1 amide bonds. The van der Waals surface area contributed by atoms with Gasteiger partial charge in [0.2, 0.25) is 0 Å². The number of aromatic nitrogens is 1. The summed E-state index contributed by atoms with van der Waals surface area (Å²) < 4.78 is 10.7. The number of ether oxygens (including phenoxy) is 2. The number of rotatable bonds is 6. The summed E-state index contributed by atoms with van der Waals surface area (Å²) in [5, 5.41) is 12.4. The van der Waals surface area contributed by atoms with Crippen molar-refractivity contribution in [3.8, 4) is 11.5 Å². The second-order valence-corrected chi connectivity index (χ2v) is 8.77. The maximum Gasteiger partial charge on any atom is 0.295 e. The van der Waals surface area contributed by atoms with Crippen LogP contribution in [0.1, 0.15) is 28.3 Å². The van der Waals surface area contributed by atoms with Gasteiger partial charge in [-0.15, -0.1) is 0 Å². The van der Waals surface area contributed by atoms with E-state index in [4.69, 9.17) is 9.47 Å². The molecule has 7 heteroatoms. The summed E-state index contributed by atoms with van der Waals surface area (Å²) in [5.41, 5.74) is 3.71. The fraction of sp³-hybridized carbons (Fsp3) is 0.172. The fourth-order valence-corrected chi connectivity index (χ4v) is 4.77. The van der Waals surface area contributed by atoms with Crippen LogP contribution in [-0.2, 0) is 16.1 Å². The van der Waals surface area contributed by atoms with Crippen LogP contribution in [0.25, 0.3) is 16.7 Å². The molecule has 0 saturated carbocycles. The number of likely N-dealkylation sites (tertiary alicyclic amines) is 1. The topological polar surface area (TPSA) is 91.9 Å². The lowest BCUT2D eigenvalue weighted by molar-refractivity contribution is -0.140. The Morgan fingerprint density at radius 3 is 2.47 bits per heavy atom. The normalized spacial score (nSPS) is 17.1. The monoisotopic (exact) mass is 482 g/mol. The lowest BCUT2D eigenvalue weighted by atomic mass is 9.94. The molecule has 1 fully saturated rings. The zero-order valence-corrected chi connectivity index (χ0v) is 20.2. The number of para-hydroxylation sites is 1. The molecule has 36 heavy (non-hydrogen) atoms. The first-order valence-electron chi connectivity index (χ1n) is 11.5. The third-order valence-corrected chi connectivity index (χ3v) is 6.58. The smallest absolute Gasteiger partial charge is 0.295 e. The van der Waals surface area contributed by atoms with Crippen LogP contribution in [0.3, 0.4) is 0 Å². The predicted octanol–water partition coefficient (Wildman–Crippen LogP) is 5.12. The molecule has 5 rings (SSSR count). The number of carbonyl (C=O) groups is 2. The Morgan fingerprint density at radius 1 is 1.00 bits per heavy atom. The van der Waals surface area contributed by atoms with Gasteiger partial charge < -0.3 is 24.5 Å². The first-order chi connectivity index (χ1) is 17.4. The molecule has 2 N–H and O–H groups in total. The molecule has 1 saturated heterocycles. The van der Waals surface area contributed by atoms with Crippen LogP contribution in [0.4, 0.5) is 0 Å². The second kappa shape index (κ2) is 9.26. The number of aliphatic hydroxyl groups is 1. The first kappa shape index (κ1) is 23.2. The summed E-state index contributed by atoms with van der Waals surface area (Å²) in [4.78, 5) is 31.6. The lowest BCUT2D eigenvalue weighted by Crippen LogP contribution is -2.29. The Kier molecular flexibility index (Phi) is 5.98. The highest BCUT2D eigenvalue weighted by Gasteiger charge is 2.47. The number of carbonyl (C=O) groups excluding carboxylic acids is 2. The molecule has 0 aliphatic carbocycles. The van der Waals surface area contributed by atoms with E-state index in [1.807, 2.05) is 61.5 Å². The highest BCUT2D eigenvalue weighted by molar-refractivity contribution is 6.46. The summed E-state index contributed by atoms with van der Waals surface area (Å²) >= 11 is 0. The van der Waals surface area contributed by atoms with Crippen LogP contribution in [0.15, 0.2) is 78.5 Å². The van der Waals surface area contributed by atoms with E-state index in [-0.39, 0.29) is 17.9 Å². The molecule has 1 aliphatic rings. The predicted molar refractivity (Wildman–Crippen MR) is 137 cm³/mol. The largest absolute Gasteiger partial charge is 0.507 e. The minimum atomic E-state index is -0.798. The Balaban J connectivity index is 1.71. The number of fused-ring (bicyclic) bond motifs is 1. The van der Waals surface area contributed by atoms with Crippen molar-refractivity contribution in [3.05, 3.63) is 101 Å². The second-order valence-electron chi connectivity index (χ2n) is 8.77. The third-order valence-electron chi connectivity index (χ3n) is 6.58. The lowest BCUT2D eigenvalue weighted by Gasteiger charge is -2.25. The Labute approximate surface area is 208 Å². The molecule has 1 unspecified atom stereocenters. The first-order valence-corrected chi connectivity index (χ1v) is 11.5. The van der Waals surface area contributed by atoms with Gasteiger partial charge in [0.25, 0.3) is 11.7 Å². The average Bonchev–Trinajstić information content (AvgIpc) is 3.43. The summed E-state index contributed by atoms with van der Waals surface area (Å²) in [6.45, 7) is 2.07. The van der Waals surface area contributed by atoms with Crippen molar-refractivity contribution < 1.29 is 24.2 Å². The minimum Gasteiger partial charge on any atom is -0.507 e. The number of amides is 1. The van der Waals surface area contributed by atoms with Crippen LogP contribution >= 0.6 is 0 Å². The number of hydrogen-bond donors (Lipinski definition) is 2. The van der Waals surface area contributed by atoms with E-state index in [1.54, 1.807) is 25.4 Å². The van der Waals surface area contributed by atoms with Gasteiger partial charge in [-0.3, -0.25) is 9.59 Å². The Bertz CT molecular complexity index is 1500. The molecule has 2 heterocycles. The SMILES string of the molecule is COc1ccc(CN2C(=O)C(=O)/C(=C(/O)c3cc(C)ccc3OC)C2c2c[nH]c3ccccc23)cc1. The number of aliphatic hydroxyl groups excluding tert-OH is 1. The molecule has 0 spiro atoms. The standard InChI is InChI=1S/C29H26N2O5/c1-17-8-13-24(36-3)21(14-17)27(32)25-26(22-15-30-23-7-5-4-6-20(22)23)31(29(34)28(25)33)16-18-9-11-19(35-2)12-10-18/h4-15,26,30,32H,16H2,1-3H3/b27-25+. The molecule has 4 aromatic rings. The molecular formula is C29H26N2O5. The highest BCUT2D eigenvalue weighted by atomic mass is 16.5. The zero-order valence-electron chi connectivity index (χ0n) is 20.2. The maximum atomic E-state index is 13.5. The van der Waals surface area contributed by atoms with Crippen molar-refractivity contribution in [2.75, 3.05) is 14.2 Å². The van der Waals surface area contributed by atoms with E-state index in [1.165, 1.54) is 12.0 Å². The Hall–Kier alpha value is -4.52. The summed E-state index contributed by atoms with van der Waals surface area (Å²) in [6, 6.07) is 19.5. The molecular weight excluding hydrogens is 456 g/mol. The van der Waals surface area contributed by atoms with Crippen molar-refractivity contribution in [2.24, 2.45) is 0 Å². The molecule has 3 aromatic carbocycles. The van der Waals surface area contributed by atoms with Gasteiger partial charge in [-0.1, -0.05) is 42.0 Å². The summed E-state index contributed by atoms with van der Waals surface area (Å²) in [5.74, 6) is -0.562. The summed E-state index contributed by atoms with van der Waals surface area (Å²) in [6.07, 6.45) is 1.79. The molecule has 0 radical (unpaired) electrons.